The summed E-state index contributed by atoms with van der Waals surface area (Å²) >= 11 is 0. The van der Waals surface area contributed by atoms with Crippen LogP contribution < -0.4 is 0 Å². The quantitative estimate of drug-likeness (QED) is 0.893. The number of aromatic nitrogens is 3. The first-order valence-corrected chi connectivity index (χ1v) is 6.47. The smallest absolute Gasteiger partial charge is 0.174 e. The number of aromatic hydroxyl groups is 1. The molecule has 1 aliphatic rings. The molecule has 1 fully saturated rings. The Labute approximate surface area is 101 Å². The maximum atomic E-state index is 12.1. The van der Waals surface area contributed by atoms with Crippen LogP contribution in [0.4, 0.5) is 0 Å². The van der Waals surface area contributed by atoms with E-state index in [0.717, 1.165) is 18.7 Å². The van der Waals surface area contributed by atoms with Gasteiger partial charge in [0, 0.05) is 5.92 Å². The van der Waals surface area contributed by atoms with Crippen molar-refractivity contribution in [3.63, 3.8) is 0 Å². The predicted octanol–water partition coefficient (Wildman–Crippen LogP) is 1.43. The van der Waals surface area contributed by atoms with E-state index < -0.39 is 11.0 Å². The van der Waals surface area contributed by atoms with Crippen LogP contribution in [-0.2, 0) is 11.0 Å². The second kappa shape index (κ2) is 3.96. The van der Waals surface area contributed by atoms with Gasteiger partial charge in [-0.05, 0) is 37.1 Å². The number of phenolic OH excluding ortho intramolecular Hbond substituents is 1. The lowest BCUT2D eigenvalue weighted by atomic mass is 10.3. The lowest BCUT2D eigenvalue weighted by molar-refractivity contribution is 0.475. The topological polar surface area (TPSA) is 68.0 Å². The third-order valence-electron chi connectivity index (χ3n) is 2.64. The van der Waals surface area contributed by atoms with E-state index in [4.69, 9.17) is 5.11 Å². The number of hydrogen-bond donors (Lipinski definition) is 1. The van der Waals surface area contributed by atoms with E-state index in [0.29, 0.717) is 10.8 Å². The summed E-state index contributed by atoms with van der Waals surface area (Å²) in [7, 11) is -1.39. The van der Waals surface area contributed by atoms with Gasteiger partial charge in [-0.15, -0.1) is 5.10 Å². The van der Waals surface area contributed by atoms with Crippen LogP contribution in [0.5, 0.6) is 5.75 Å². The fourth-order valence-corrected chi connectivity index (χ4v) is 2.42. The fourth-order valence-electron chi connectivity index (χ4n) is 1.54. The van der Waals surface area contributed by atoms with Crippen molar-refractivity contribution in [2.45, 2.75) is 23.7 Å². The molecule has 0 aliphatic heterocycles. The van der Waals surface area contributed by atoms with E-state index in [1.54, 1.807) is 12.1 Å². The molecule has 1 heterocycles. The molecular formula is C11H11N3O2S. The molecule has 1 N–H and O–H groups in total. The molecule has 0 saturated heterocycles. The van der Waals surface area contributed by atoms with Gasteiger partial charge >= 0.3 is 0 Å². The highest BCUT2D eigenvalue weighted by molar-refractivity contribution is 7.83. The summed E-state index contributed by atoms with van der Waals surface area (Å²) < 4.78 is 13.5. The van der Waals surface area contributed by atoms with Crippen LogP contribution in [0.25, 0.3) is 0 Å². The number of phenols is 1. The number of rotatable bonds is 3. The Morgan fingerprint density at radius 3 is 2.65 bits per heavy atom. The largest absolute Gasteiger partial charge is 0.508 e. The molecule has 5 nitrogen and oxygen atoms in total. The highest BCUT2D eigenvalue weighted by Gasteiger charge is 2.28. The van der Waals surface area contributed by atoms with Gasteiger partial charge in [-0.3, -0.25) is 0 Å². The lowest BCUT2D eigenvalue weighted by Crippen LogP contribution is -2.05. The summed E-state index contributed by atoms with van der Waals surface area (Å²) in [4.78, 5) is 4.74. The highest BCUT2D eigenvalue weighted by atomic mass is 32.2. The van der Waals surface area contributed by atoms with Gasteiger partial charge in [-0.25, -0.2) is 9.19 Å². The molecule has 1 aromatic carbocycles. The van der Waals surface area contributed by atoms with Gasteiger partial charge in [0.1, 0.15) is 12.1 Å². The number of hydrogen-bond acceptors (Lipinski definition) is 4. The summed E-state index contributed by atoms with van der Waals surface area (Å²) in [5.74, 6) is 1.38. The zero-order valence-corrected chi connectivity index (χ0v) is 9.80. The average Bonchev–Trinajstić information content (AvgIpc) is 3.07. The molecule has 88 valence electrons. The Bertz CT molecular complexity index is 560. The van der Waals surface area contributed by atoms with Crippen molar-refractivity contribution in [2.24, 2.45) is 0 Å². The summed E-state index contributed by atoms with van der Waals surface area (Å²) in [6.45, 7) is 0. The minimum atomic E-state index is -1.39. The monoisotopic (exact) mass is 249 g/mol. The van der Waals surface area contributed by atoms with E-state index in [-0.39, 0.29) is 5.75 Å². The van der Waals surface area contributed by atoms with E-state index in [1.165, 1.54) is 22.5 Å². The first-order valence-electron chi connectivity index (χ1n) is 5.37. The standard InChI is InChI=1S/C11H11N3O2S/c15-9-3-5-10(6-4-9)17(16)14-7-12-11(13-14)8-1-2-8/h3-8,15H,1-2H2. The predicted molar refractivity (Wildman–Crippen MR) is 61.9 cm³/mol. The summed E-state index contributed by atoms with van der Waals surface area (Å²) in [6, 6.07) is 6.24. The molecule has 1 aliphatic carbocycles. The van der Waals surface area contributed by atoms with Gasteiger partial charge in [-0.1, -0.05) is 0 Å². The van der Waals surface area contributed by atoms with Crippen molar-refractivity contribution in [2.75, 3.05) is 0 Å². The van der Waals surface area contributed by atoms with Gasteiger partial charge in [0.05, 0.1) is 4.90 Å². The van der Waals surface area contributed by atoms with Crippen LogP contribution in [0.15, 0.2) is 35.5 Å². The van der Waals surface area contributed by atoms with Crippen LogP contribution in [0.2, 0.25) is 0 Å². The van der Waals surface area contributed by atoms with Crippen LogP contribution in [0.1, 0.15) is 24.6 Å². The Morgan fingerprint density at radius 1 is 1.29 bits per heavy atom. The minimum Gasteiger partial charge on any atom is -0.508 e. The van der Waals surface area contributed by atoms with Crippen LogP contribution in [0, 0.1) is 0 Å². The Hall–Kier alpha value is -1.69. The molecule has 0 radical (unpaired) electrons. The maximum absolute atomic E-state index is 12.1. The highest BCUT2D eigenvalue weighted by Crippen LogP contribution is 2.37. The molecule has 1 atom stereocenters. The van der Waals surface area contributed by atoms with Gasteiger partial charge in [0.2, 0.25) is 0 Å². The molecule has 3 rings (SSSR count). The maximum Gasteiger partial charge on any atom is 0.174 e. The van der Waals surface area contributed by atoms with Gasteiger partial charge in [0.15, 0.2) is 16.8 Å². The van der Waals surface area contributed by atoms with Crippen LogP contribution >= 0.6 is 0 Å². The Kier molecular flexibility index (Phi) is 2.44. The molecule has 2 aromatic rings. The molecular weight excluding hydrogens is 238 g/mol. The minimum absolute atomic E-state index is 0.156. The van der Waals surface area contributed by atoms with Crippen molar-refractivity contribution >= 4 is 11.0 Å². The van der Waals surface area contributed by atoms with Crippen molar-refractivity contribution in [1.29, 1.82) is 0 Å². The second-order valence-corrected chi connectivity index (χ2v) is 5.37. The summed E-state index contributed by atoms with van der Waals surface area (Å²) in [5, 5.41) is 13.4. The normalized spacial score (nSPS) is 16.9. The summed E-state index contributed by atoms with van der Waals surface area (Å²) in [6.07, 6.45) is 3.74. The fraction of sp³-hybridized carbons (Fsp3) is 0.273. The number of benzene rings is 1. The van der Waals surface area contributed by atoms with Crippen molar-refractivity contribution < 1.29 is 9.32 Å². The molecule has 1 unspecified atom stereocenters. The number of nitrogens with zero attached hydrogens (tertiary/aromatic N) is 3. The van der Waals surface area contributed by atoms with Gasteiger partial charge in [0.25, 0.3) is 0 Å². The van der Waals surface area contributed by atoms with Crippen LogP contribution in [-0.4, -0.2) is 23.5 Å². The van der Waals surface area contributed by atoms with E-state index >= 15 is 0 Å². The van der Waals surface area contributed by atoms with Crippen molar-refractivity contribution in [3.8, 4) is 5.75 Å². The van der Waals surface area contributed by atoms with E-state index in [1.807, 2.05) is 0 Å². The van der Waals surface area contributed by atoms with Crippen molar-refractivity contribution in [1.82, 2.24) is 14.2 Å². The first kappa shape index (κ1) is 10.5. The molecule has 0 bridgehead atoms. The Morgan fingerprint density at radius 2 is 2.00 bits per heavy atom. The summed E-state index contributed by atoms with van der Waals surface area (Å²) in [5.41, 5.74) is 0. The zero-order chi connectivity index (χ0) is 11.8. The molecule has 1 saturated carbocycles. The third kappa shape index (κ3) is 2.08. The Balaban J connectivity index is 1.87. The first-order chi connectivity index (χ1) is 8.24. The lowest BCUT2D eigenvalue weighted by Gasteiger charge is -2.00. The molecule has 1 aromatic heterocycles. The zero-order valence-electron chi connectivity index (χ0n) is 8.98. The van der Waals surface area contributed by atoms with Gasteiger partial charge < -0.3 is 5.11 Å². The van der Waals surface area contributed by atoms with Crippen LogP contribution in [0.3, 0.4) is 0 Å². The van der Waals surface area contributed by atoms with E-state index in [9.17, 15) is 4.21 Å². The molecule has 17 heavy (non-hydrogen) atoms. The molecule has 0 spiro atoms. The van der Waals surface area contributed by atoms with Crippen molar-refractivity contribution in [3.05, 3.63) is 36.4 Å². The van der Waals surface area contributed by atoms with Gasteiger partial charge in [-0.2, -0.15) is 4.09 Å². The SMILES string of the molecule is O=S(c1ccc(O)cc1)n1cnc(C2CC2)n1. The molecule has 0 amide bonds. The third-order valence-corrected chi connectivity index (χ3v) is 3.83. The van der Waals surface area contributed by atoms with E-state index in [2.05, 4.69) is 10.1 Å². The second-order valence-electron chi connectivity index (χ2n) is 4.02. The average molecular weight is 249 g/mol. The molecule has 6 heteroatoms.